The highest BCUT2D eigenvalue weighted by molar-refractivity contribution is 5.92. The fourth-order valence-corrected chi connectivity index (χ4v) is 1.52. The summed E-state index contributed by atoms with van der Waals surface area (Å²) in [6.45, 7) is 2.10. The van der Waals surface area contributed by atoms with Crippen molar-refractivity contribution in [2.24, 2.45) is 0 Å². The number of nitrogen functional groups attached to an aromatic ring is 1. The zero-order chi connectivity index (χ0) is 12.1. The Labute approximate surface area is 99.1 Å². The van der Waals surface area contributed by atoms with E-state index in [1.54, 1.807) is 6.07 Å². The number of nitrogens with zero attached hydrogens (tertiary/aromatic N) is 1. The van der Waals surface area contributed by atoms with E-state index in [0.29, 0.717) is 37.7 Å². The summed E-state index contributed by atoms with van der Waals surface area (Å²) in [6, 6.07) is 3.17. The summed E-state index contributed by atoms with van der Waals surface area (Å²) in [7, 11) is 0. The minimum atomic E-state index is -0.258. The van der Waals surface area contributed by atoms with Crippen LogP contribution in [0.15, 0.2) is 18.3 Å². The Bertz CT molecular complexity index is 391. The number of hydrogen-bond donors (Lipinski definition) is 2. The van der Waals surface area contributed by atoms with E-state index in [1.165, 1.54) is 12.3 Å². The molecular formula is C11H15N3O3. The van der Waals surface area contributed by atoms with Crippen LogP contribution in [-0.4, -0.2) is 43.4 Å². The van der Waals surface area contributed by atoms with Gasteiger partial charge in [0.2, 0.25) is 0 Å². The number of hydrogen-bond acceptors (Lipinski definition) is 5. The third kappa shape index (κ3) is 3.40. The first-order valence-electron chi connectivity index (χ1n) is 5.45. The third-order valence-electron chi connectivity index (χ3n) is 2.39. The van der Waals surface area contributed by atoms with E-state index in [0.717, 1.165) is 0 Å². The number of aromatic nitrogens is 1. The van der Waals surface area contributed by atoms with E-state index in [2.05, 4.69) is 10.3 Å². The molecule has 0 saturated carbocycles. The second-order valence-electron chi connectivity index (χ2n) is 3.75. The Hall–Kier alpha value is -1.66. The van der Waals surface area contributed by atoms with Gasteiger partial charge >= 0.3 is 0 Å². The maximum absolute atomic E-state index is 11.7. The molecule has 0 bridgehead atoms. The summed E-state index contributed by atoms with van der Waals surface area (Å²) in [5.74, 6) is -0.258. The van der Waals surface area contributed by atoms with Crippen molar-refractivity contribution in [3.8, 4) is 0 Å². The van der Waals surface area contributed by atoms with Gasteiger partial charge in [-0.15, -0.1) is 0 Å². The van der Waals surface area contributed by atoms with Crippen LogP contribution in [0.4, 0.5) is 5.69 Å². The standard InChI is InChI=1S/C11H15N3O3/c12-8-1-2-13-10(5-8)11(15)14-6-9-7-16-3-4-17-9/h1-2,5,9H,3-4,6-7H2,(H2,12,13)(H,14,15). The average Bonchev–Trinajstić information content (AvgIpc) is 2.37. The number of amides is 1. The zero-order valence-corrected chi connectivity index (χ0v) is 9.39. The van der Waals surface area contributed by atoms with E-state index < -0.39 is 0 Å². The first-order valence-corrected chi connectivity index (χ1v) is 5.45. The lowest BCUT2D eigenvalue weighted by atomic mass is 10.3. The van der Waals surface area contributed by atoms with Crippen molar-refractivity contribution in [2.75, 3.05) is 32.1 Å². The van der Waals surface area contributed by atoms with Crippen LogP contribution in [0.25, 0.3) is 0 Å². The first-order chi connectivity index (χ1) is 8.25. The highest BCUT2D eigenvalue weighted by atomic mass is 16.6. The van der Waals surface area contributed by atoms with Crippen molar-refractivity contribution < 1.29 is 14.3 Å². The second-order valence-corrected chi connectivity index (χ2v) is 3.75. The molecule has 1 aromatic heterocycles. The molecule has 6 heteroatoms. The molecule has 1 aliphatic heterocycles. The number of carbonyl (C=O) groups excluding carboxylic acids is 1. The lowest BCUT2D eigenvalue weighted by molar-refractivity contribution is -0.0855. The number of pyridine rings is 1. The summed E-state index contributed by atoms with van der Waals surface area (Å²) >= 11 is 0. The molecule has 1 unspecified atom stereocenters. The highest BCUT2D eigenvalue weighted by Gasteiger charge is 2.16. The SMILES string of the molecule is Nc1ccnc(C(=O)NCC2COCCO2)c1. The topological polar surface area (TPSA) is 86.5 Å². The van der Waals surface area contributed by atoms with E-state index in [-0.39, 0.29) is 12.0 Å². The van der Waals surface area contributed by atoms with Gasteiger partial charge in [-0.3, -0.25) is 9.78 Å². The van der Waals surface area contributed by atoms with E-state index in [1.807, 2.05) is 0 Å². The van der Waals surface area contributed by atoms with Gasteiger partial charge in [-0.05, 0) is 12.1 Å². The predicted molar refractivity (Wildman–Crippen MR) is 61.5 cm³/mol. The Morgan fingerprint density at radius 1 is 1.59 bits per heavy atom. The van der Waals surface area contributed by atoms with Crippen LogP contribution < -0.4 is 11.1 Å². The van der Waals surface area contributed by atoms with Crippen LogP contribution in [0, 0.1) is 0 Å². The van der Waals surface area contributed by atoms with Gasteiger partial charge in [0, 0.05) is 18.4 Å². The van der Waals surface area contributed by atoms with Gasteiger partial charge in [-0.1, -0.05) is 0 Å². The van der Waals surface area contributed by atoms with Gasteiger partial charge < -0.3 is 20.5 Å². The maximum atomic E-state index is 11.7. The number of ether oxygens (including phenoxy) is 2. The number of rotatable bonds is 3. The van der Waals surface area contributed by atoms with Gasteiger partial charge in [0.05, 0.1) is 25.9 Å². The molecule has 17 heavy (non-hydrogen) atoms. The Morgan fingerprint density at radius 3 is 3.18 bits per heavy atom. The predicted octanol–water partition coefficient (Wildman–Crippen LogP) is -0.191. The van der Waals surface area contributed by atoms with Crippen LogP contribution in [0.2, 0.25) is 0 Å². The monoisotopic (exact) mass is 237 g/mol. The fourth-order valence-electron chi connectivity index (χ4n) is 1.52. The van der Waals surface area contributed by atoms with Gasteiger partial charge in [-0.2, -0.15) is 0 Å². The molecule has 1 atom stereocenters. The molecule has 2 rings (SSSR count). The quantitative estimate of drug-likeness (QED) is 0.761. The molecule has 1 aromatic rings. The van der Waals surface area contributed by atoms with E-state index in [4.69, 9.17) is 15.2 Å². The molecule has 92 valence electrons. The summed E-state index contributed by atoms with van der Waals surface area (Å²) in [5, 5.41) is 2.73. The summed E-state index contributed by atoms with van der Waals surface area (Å²) in [6.07, 6.45) is 1.42. The van der Waals surface area contributed by atoms with Crippen LogP contribution in [0.3, 0.4) is 0 Å². The molecule has 0 aliphatic carbocycles. The molecule has 3 N–H and O–H groups in total. The minimum absolute atomic E-state index is 0.0891. The van der Waals surface area contributed by atoms with Crippen molar-refractivity contribution in [1.29, 1.82) is 0 Å². The van der Waals surface area contributed by atoms with Crippen LogP contribution >= 0.6 is 0 Å². The molecule has 0 aromatic carbocycles. The number of anilines is 1. The molecule has 0 spiro atoms. The average molecular weight is 237 g/mol. The summed E-state index contributed by atoms with van der Waals surface area (Å²) in [4.78, 5) is 15.7. The van der Waals surface area contributed by atoms with Crippen molar-refractivity contribution in [2.45, 2.75) is 6.10 Å². The van der Waals surface area contributed by atoms with E-state index in [9.17, 15) is 4.79 Å². The zero-order valence-electron chi connectivity index (χ0n) is 9.39. The largest absolute Gasteiger partial charge is 0.399 e. The van der Waals surface area contributed by atoms with Gasteiger partial charge in [0.1, 0.15) is 5.69 Å². The summed E-state index contributed by atoms with van der Waals surface area (Å²) < 4.78 is 10.6. The van der Waals surface area contributed by atoms with Gasteiger partial charge in [0.15, 0.2) is 0 Å². The van der Waals surface area contributed by atoms with Gasteiger partial charge in [-0.25, -0.2) is 0 Å². The fraction of sp³-hybridized carbons (Fsp3) is 0.455. The van der Waals surface area contributed by atoms with E-state index >= 15 is 0 Å². The van der Waals surface area contributed by atoms with Crippen LogP contribution in [-0.2, 0) is 9.47 Å². The molecule has 0 radical (unpaired) electrons. The number of nitrogens with one attached hydrogen (secondary N) is 1. The number of nitrogens with two attached hydrogens (primary N) is 1. The molecule has 1 fully saturated rings. The molecule has 2 heterocycles. The van der Waals surface area contributed by atoms with Crippen LogP contribution in [0.1, 0.15) is 10.5 Å². The Kier molecular flexibility index (Phi) is 3.89. The number of carbonyl (C=O) groups is 1. The third-order valence-corrected chi connectivity index (χ3v) is 2.39. The second kappa shape index (κ2) is 5.60. The molecule has 1 saturated heterocycles. The lowest BCUT2D eigenvalue weighted by Gasteiger charge is -2.22. The Balaban J connectivity index is 1.84. The van der Waals surface area contributed by atoms with Crippen molar-refractivity contribution in [3.63, 3.8) is 0 Å². The van der Waals surface area contributed by atoms with Crippen molar-refractivity contribution >= 4 is 11.6 Å². The van der Waals surface area contributed by atoms with Crippen molar-refractivity contribution in [3.05, 3.63) is 24.0 Å². The molecule has 6 nitrogen and oxygen atoms in total. The Morgan fingerprint density at radius 2 is 2.47 bits per heavy atom. The van der Waals surface area contributed by atoms with Crippen molar-refractivity contribution in [1.82, 2.24) is 10.3 Å². The lowest BCUT2D eigenvalue weighted by Crippen LogP contribution is -2.39. The van der Waals surface area contributed by atoms with Gasteiger partial charge in [0.25, 0.3) is 5.91 Å². The summed E-state index contributed by atoms with van der Waals surface area (Å²) in [5.41, 5.74) is 6.39. The highest BCUT2D eigenvalue weighted by Crippen LogP contribution is 2.03. The smallest absolute Gasteiger partial charge is 0.270 e. The first kappa shape index (κ1) is 11.8. The molecule has 1 aliphatic rings. The van der Waals surface area contributed by atoms with Crippen LogP contribution in [0.5, 0.6) is 0 Å². The molecular weight excluding hydrogens is 222 g/mol. The maximum Gasteiger partial charge on any atom is 0.270 e. The minimum Gasteiger partial charge on any atom is -0.399 e. The molecule has 1 amide bonds. The normalized spacial score (nSPS) is 19.9.